The van der Waals surface area contributed by atoms with Gasteiger partial charge in [0.2, 0.25) is 5.78 Å². The van der Waals surface area contributed by atoms with E-state index in [0.29, 0.717) is 12.3 Å². The minimum absolute atomic E-state index is 0.0393. The number of piperidine rings is 1. The molecule has 22 heavy (non-hydrogen) atoms. The maximum absolute atomic E-state index is 12.6. The predicted octanol–water partition coefficient (Wildman–Crippen LogP) is 2.60. The lowest BCUT2D eigenvalue weighted by molar-refractivity contribution is -0.141. The van der Waals surface area contributed by atoms with Crippen LogP contribution in [0, 0.1) is 23.3 Å². The summed E-state index contributed by atoms with van der Waals surface area (Å²) in [5.74, 6) is 1.33. The van der Waals surface area contributed by atoms with Crippen molar-refractivity contribution in [2.24, 2.45) is 16.7 Å². The van der Waals surface area contributed by atoms with E-state index in [1.165, 1.54) is 0 Å². The minimum Gasteiger partial charge on any atom is -0.355 e. The molecule has 3 rings (SSSR count). The number of aromatic nitrogens is 2. The quantitative estimate of drug-likeness (QED) is 0.748. The van der Waals surface area contributed by atoms with Crippen LogP contribution in [0.2, 0.25) is 0 Å². The SMILES string of the molecule is [C-]#[N+]C1C[C@@]2(C)CN(c3cnccn3)CCC2C(C)(C)C1=O. The summed E-state index contributed by atoms with van der Waals surface area (Å²) >= 11 is 0. The first-order chi connectivity index (χ1) is 10.4. The molecule has 2 heterocycles. The Bertz CT molecular complexity index is 621. The van der Waals surface area contributed by atoms with Gasteiger partial charge in [-0.3, -0.25) is 9.78 Å². The Morgan fingerprint density at radius 2 is 2.14 bits per heavy atom. The molecule has 5 nitrogen and oxygen atoms in total. The molecular formula is C17H22N4O. The van der Waals surface area contributed by atoms with Gasteiger partial charge >= 0.3 is 0 Å². The maximum atomic E-state index is 12.6. The molecule has 0 aromatic carbocycles. The van der Waals surface area contributed by atoms with Crippen molar-refractivity contribution in [1.82, 2.24) is 9.97 Å². The fourth-order valence-electron chi connectivity index (χ4n) is 4.59. The summed E-state index contributed by atoms with van der Waals surface area (Å²) in [5, 5.41) is 0. The number of hydrogen-bond acceptors (Lipinski definition) is 4. The van der Waals surface area contributed by atoms with Gasteiger partial charge in [-0.05, 0) is 17.8 Å². The number of nitrogens with zero attached hydrogens (tertiary/aromatic N) is 4. The Labute approximate surface area is 131 Å². The van der Waals surface area contributed by atoms with Crippen molar-refractivity contribution in [3.05, 3.63) is 30.0 Å². The van der Waals surface area contributed by atoms with E-state index >= 15 is 0 Å². The largest absolute Gasteiger partial charge is 0.355 e. The average molecular weight is 298 g/mol. The lowest BCUT2D eigenvalue weighted by Gasteiger charge is -2.54. The topological polar surface area (TPSA) is 50.5 Å². The van der Waals surface area contributed by atoms with E-state index in [0.717, 1.165) is 25.3 Å². The van der Waals surface area contributed by atoms with Crippen LogP contribution in [0.1, 0.15) is 33.6 Å². The zero-order chi connectivity index (χ0) is 16.0. The molecule has 1 saturated carbocycles. The molecule has 1 saturated heterocycles. The maximum Gasteiger partial charge on any atom is 0.282 e. The Balaban J connectivity index is 1.92. The molecule has 1 aliphatic carbocycles. The summed E-state index contributed by atoms with van der Waals surface area (Å²) in [6.07, 6.45) is 6.78. The predicted molar refractivity (Wildman–Crippen MR) is 84.3 cm³/mol. The number of Topliss-reactive ketones (excluding diaryl/α,β-unsaturated/α-hetero) is 1. The van der Waals surface area contributed by atoms with Gasteiger partial charge in [-0.2, -0.15) is 0 Å². The van der Waals surface area contributed by atoms with E-state index in [4.69, 9.17) is 6.57 Å². The van der Waals surface area contributed by atoms with Crippen LogP contribution in [0.25, 0.3) is 4.85 Å². The summed E-state index contributed by atoms with van der Waals surface area (Å²) in [4.78, 5) is 27.0. The Hall–Kier alpha value is -1.96. The molecule has 2 unspecified atom stereocenters. The van der Waals surface area contributed by atoms with Crippen LogP contribution >= 0.6 is 0 Å². The van der Waals surface area contributed by atoms with Crippen LogP contribution in [-0.4, -0.2) is 34.9 Å². The summed E-state index contributed by atoms with van der Waals surface area (Å²) in [5.41, 5.74) is -0.459. The van der Waals surface area contributed by atoms with Crippen molar-refractivity contribution in [3.8, 4) is 0 Å². The van der Waals surface area contributed by atoms with Crippen molar-refractivity contribution in [2.75, 3.05) is 18.0 Å². The number of anilines is 1. The second-order valence-electron chi connectivity index (χ2n) is 7.42. The zero-order valence-corrected chi connectivity index (χ0v) is 13.4. The van der Waals surface area contributed by atoms with E-state index in [1.54, 1.807) is 18.6 Å². The molecule has 1 aromatic heterocycles. The highest BCUT2D eigenvalue weighted by molar-refractivity contribution is 5.92. The lowest BCUT2D eigenvalue weighted by Crippen LogP contribution is -2.60. The number of ketones is 1. The lowest BCUT2D eigenvalue weighted by atomic mass is 9.52. The Morgan fingerprint density at radius 1 is 1.36 bits per heavy atom. The monoisotopic (exact) mass is 298 g/mol. The molecule has 116 valence electrons. The van der Waals surface area contributed by atoms with Gasteiger partial charge in [-0.25, -0.2) is 11.6 Å². The Kier molecular flexibility index (Phi) is 3.43. The summed E-state index contributed by atoms with van der Waals surface area (Å²) in [6, 6.07) is -0.502. The van der Waals surface area contributed by atoms with Gasteiger partial charge in [0, 0.05) is 37.3 Å². The van der Waals surface area contributed by atoms with Crippen LogP contribution < -0.4 is 4.90 Å². The highest BCUT2D eigenvalue weighted by Gasteiger charge is 2.59. The van der Waals surface area contributed by atoms with Gasteiger partial charge in [0.15, 0.2) is 0 Å². The minimum atomic E-state index is -0.502. The second kappa shape index (κ2) is 5.05. The molecule has 1 aliphatic heterocycles. The summed E-state index contributed by atoms with van der Waals surface area (Å²) < 4.78 is 0. The zero-order valence-electron chi connectivity index (χ0n) is 13.4. The Morgan fingerprint density at radius 3 is 2.77 bits per heavy atom. The van der Waals surface area contributed by atoms with Crippen LogP contribution in [-0.2, 0) is 4.79 Å². The van der Waals surface area contributed by atoms with Gasteiger partial charge in [-0.1, -0.05) is 20.8 Å². The average Bonchev–Trinajstić information content (AvgIpc) is 2.51. The highest BCUT2D eigenvalue weighted by atomic mass is 16.1. The van der Waals surface area contributed by atoms with Gasteiger partial charge in [0.25, 0.3) is 6.04 Å². The van der Waals surface area contributed by atoms with Crippen molar-refractivity contribution < 1.29 is 4.79 Å². The third-order valence-corrected chi connectivity index (χ3v) is 5.58. The van der Waals surface area contributed by atoms with Gasteiger partial charge < -0.3 is 9.74 Å². The van der Waals surface area contributed by atoms with Gasteiger partial charge in [0.05, 0.1) is 6.20 Å². The van der Waals surface area contributed by atoms with E-state index in [-0.39, 0.29) is 11.2 Å². The molecule has 0 amide bonds. The highest BCUT2D eigenvalue weighted by Crippen LogP contribution is 2.54. The van der Waals surface area contributed by atoms with Crippen LogP contribution in [0.5, 0.6) is 0 Å². The van der Waals surface area contributed by atoms with Crippen LogP contribution in [0.15, 0.2) is 18.6 Å². The van der Waals surface area contributed by atoms with E-state index in [9.17, 15) is 4.79 Å². The fraction of sp³-hybridized carbons (Fsp3) is 0.647. The molecule has 5 heteroatoms. The first kappa shape index (κ1) is 15.0. The van der Waals surface area contributed by atoms with Crippen molar-refractivity contribution >= 4 is 11.6 Å². The first-order valence-corrected chi connectivity index (χ1v) is 7.80. The number of fused-ring (bicyclic) bond motifs is 1. The molecule has 0 N–H and O–H groups in total. The molecule has 1 aromatic rings. The number of hydrogen-bond donors (Lipinski definition) is 0. The summed E-state index contributed by atoms with van der Waals surface area (Å²) in [6.45, 7) is 15.4. The van der Waals surface area contributed by atoms with Crippen LogP contribution in [0.3, 0.4) is 0 Å². The molecule has 2 aliphatic rings. The molecule has 3 atom stereocenters. The number of carbonyl (C=O) groups excluding carboxylic acids is 1. The number of rotatable bonds is 1. The standard InChI is InChI=1S/C17H22N4O/c1-16(2)13-5-8-21(14-10-19-6-7-20-14)11-17(13,3)9-12(18-4)15(16)22/h6-7,10,12-13H,5,8-9,11H2,1-3H3/t12?,13?,17-/m0/s1. The molecule has 0 spiro atoms. The van der Waals surface area contributed by atoms with Gasteiger partial charge in [-0.15, -0.1) is 0 Å². The fourth-order valence-corrected chi connectivity index (χ4v) is 4.59. The van der Waals surface area contributed by atoms with E-state index < -0.39 is 11.5 Å². The van der Waals surface area contributed by atoms with Crippen molar-refractivity contribution in [2.45, 2.75) is 39.7 Å². The molecule has 0 radical (unpaired) electrons. The van der Waals surface area contributed by atoms with E-state index in [2.05, 4.69) is 26.6 Å². The third kappa shape index (κ3) is 2.18. The van der Waals surface area contributed by atoms with Crippen molar-refractivity contribution in [3.63, 3.8) is 0 Å². The van der Waals surface area contributed by atoms with Gasteiger partial charge in [0.1, 0.15) is 5.82 Å². The molecular weight excluding hydrogens is 276 g/mol. The van der Waals surface area contributed by atoms with Crippen molar-refractivity contribution in [1.29, 1.82) is 0 Å². The molecule has 0 bridgehead atoms. The number of carbonyl (C=O) groups is 1. The van der Waals surface area contributed by atoms with E-state index in [1.807, 2.05) is 13.8 Å². The molecule has 2 fully saturated rings. The third-order valence-electron chi connectivity index (χ3n) is 5.58. The first-order valence-electron chi connectivity index (χ1n) is 7.80. The smallest absolute Gasteiger partial charge is 0.282 e. The normalized spacial score (nSPS) is 33.9. The second-order valence-corrected chi connectivity index (χ2v) is 7.42. The summed E-state index contributed by atoms with van der Waals surface area (Å²) in [7, 11) is 0. The van der Waals surface area contributed by atoms with Crippen LogP contribution in [0.4, 0.5) is 5.82 Å².